The quantitative estimate of drug-likeness (QED) is 0.360. The summed E-state index contributed by atoms with van der Waals surface area (Å²) >= 11 is 0. The van der Waals surface area contributed by atoms with Gasteiger partial charge in [0.2, 0.25) is 0 Å². The van der Waals surface area contributed by atoms with Gasteiger partial charge in [-0.05, 0) is 42.5 Å². The molecule has 8 nitrogen and oxygen atoms in total. The molecule has 1 aromatic heterocycles. The van der Waals surface area contributed by atoms with E-state index >= 15 is 0 Å². The van der Waals surface area contributed by atoms with E-state index in [-0.39, 0.29) is 11.9 Å². The maximum absolute atomic E-state index is 8.71. The van der Waals surface area contributed by atoms with Crippen LogP contribution in [0.15, 0.2) is 29.7 Å². The van der Waals surface area contributed by atoms with Gasteiger partial charge in [0, 0.05) is 5.56 Å². The fourth-order valence-electron chi connectivity index (χ4n) is 1.54. The summed E-state index contributed by atoms with van der Waals surface area (Å²) in [6.45, 7) is 3.83. The molecule has 100 valence electrons. The zero-order valence-corrected chi connectivity index (χ0v) is 10.6. The largest absolute Gasteiger partial charge is 0.489 e. The molecule has 2 rings (SSSR count). The van der Waals surface area contributed by atoms with E-state index in [4.69, 9.17) is 15.7 Å². The van der Waals surface area contributed by atoms with E-state index in [9.17, 15) is 0 Å². The van der Waals surface area contributed by atoms with Crippen LogP contribution in [-0.2, 0) is 0 Å². The van der Waals surface area contributed by atoms with E-state index in [0.717, 1.165) is 0 Å². The summed E-state index contributed by atoms with van der Waals surface area (Å²) in [4.78, 5) is 0. The second-order valence-electron chi connectivity index (χ2n) is 4.09. The van der Waals surface area contributed by atoms with Crippen LogP contribution in [0.25, 0.3) is 5.69 Å². The predicted molar refractivity (Wildman–Crippen MR) is 67.4 cm³/mol. The first kappa shape index (κ1) is 12.8. The molecule has 0 atom stereocenters. The molecule has 0 amide bonds. The van der Waals surface area contributed by atoms with Crippen molar-refractivity contribution in [2.75, 3.05) is 0 Å². The monoisotopic (exact) mass is 262 g/mol. The van der Waals surface area contributed by atoms with Gasteiger partial charge in [-0.3, -0.25) is 0 Å². The van der Waals surface area contributed by atoms with Gasteiger partial charge in [0.05, 0.1) is 6.10 Å². The smallest absolute Gasteiger partial charge is 0.170 e. The minimum absolute atomic E-state index is 0.00457. The van der Waals surface area contributed by atoms with Gasteiger partial charge in [-0.15, -0.1) is 5.10 Å². The van der Waals surface area contributed by atoms with Gasteiger partial charge in [-0.2, -0.15) is 4.68 Å². The molecule has 0 aliphatic heterocycles. The van der Waals surface area contributed by atoms with Crippen molar-refractivity contribution in [1.82, 2.24) is 20.2 Å². The number of benzene rings is 1. The maximum atomic E-state index is 8.71. The van der Waals surface area contributed by atoms with Crippen LogP contribution in [0.4, 0.5) is 0 Å². The lowest BCUT2D eigenvalue weighted by atomic mass is 10.1. The van der Waals surface area contributed by atoms with E-state index in [1.165, 1.54) is 11.0 Å². The SMILES string of the molecule is CC(C)Oc1ccc(C(N)=NO)cc1-n1cnnn1. The molecule has 1 heterocycles. The molecule has 2 aromatic rings. The van der Waals surface area contributed by atoms with Gasteiger partial charge in [0.1, 0.15) is 17.8 Å². The third kappa shape index (κ3) is 2.79. The Morgan fingerprint density at radius 2 is 2.26 bits per heavy atom. The molecule has 0 aliphatic carbocycles. The highest BCUT2D eigenvalue weighted by Crippen LogP contribution is 2.24. The van der Waals surface area contributed by atoms with Crippen LogP contribution in [-0.4, -0.2) is 37.4 Å². The van der Waals surface area contributed by atoms with E-state index in [1.54, 1.807) is 18.2 Å². The third-order valence-corrected chi connectivity index (χ3v) is 2.32. The first-order chi connectivity index (χ1) is 9.11. The van der Waals surface area contributed by atoms with Crippen molar-refractivity contribution >= 4 is 5.84 Å². The molecular weight excluding hydrogens is 248 g/mol. The molecule has 19 heavy (non-hydrogen) atoms. The number of rotatable bonds is 4. The number of tetrazole rings is 1. The maximum Gasteiger partial charge on any atom is 0.170 e. The lowest BCUT2D eigenvalue weighted by Gasteiger charge is -2.14. The summed E-state index contributed by atoms with van der Waals surface area (Å²) in [6, 6.07) is 5.11. The standard InChI is InChI=1S/C11H14N6O2/c1-7(2)19-10-4-3-8(11(12)14-18)5-9(10)17-6-13-15-16-17/h3-7,18H,1-2H3,(H2,12,14). The Bertz CT molecular complexity index is 579. The first-order valence-corrected chi connectivity index (χ1v) is 5.63. The van der Waals surface area contributed by atoms with E-state index < -0.39 is 0 Å². The number of oxime groups is 1. The van der Waals surface area contributed by atoms with Crippen LogP contribution < -0.4 is 10.5 Å². The molecule has 1 aromatic carbocycles. The van der Waals surface area contributed by atoms with Gasteiger partial charge >= 0.3 is 0 Å². The Kier molecular flexibility index (Phi) is 3.60. The van der Waals surface area contributed by atoms with Crippen LogP contribution in [0.3, 0.4) is 0 Å². The topological polar surface area (TPSA) is 111 Å². The van der Waals surface area contributed by atoms with Gasteiger partial charge in [0.15, 0.2) is 5.84 Å². The molecule has 0 fully saturated rings. The molecule has 3 N–H and O–H groups in total. The van der Waals surface area contributed by atoms with Crippen LogP contribution in [0, 0.1) is 0 Å². The van der Waals surface area contributed by atoms with Crippen molar-refractivity contribution in [2.45, 2.75) is 20.0 Å². The highest BCUT2D eigenvalue weighted by atomic mass is 16.5. The zero-order chi connectivity index (χ0) is 13.8. The second kappa shape index (κ2) is 5.34. The van der Waals surface area contributed by atoms with Gasteiger partial charge in [-0.1, -0.05) is 5.16 Å². The van der Waals surface area contributed by atoms with Crippen molar-refractivity contribution in [3.8, 4) is 11.4 Å². The molecule has 0 spiro atoms. The van der Waals surface area contributed by atoms with Crippen LogP contribution in [0.1, 0.15) is 19.4 Å². The van der Waals surface area contributed by atoms with E-state index in [1.807, 2.05) is 13.8 Å². The number of amidine groups is 1. The predicted octanol–water partition coefficient (Wildman–Crippen LogP) is 0.544. The molecule has 0 aliphatic rings. The van der Waals surface area contributed by atoms with E-state index in [2.05, 4.69) is 20.7 Å². The Labute approximate surface area is 109 Å². The van der Waals surface area contributed by atoms with Crippen LogP contribution in [0.5, 0.6) is 5.75 Å². The number of hydrogen-bond acceptors (Lipinski definition) is 6. The zero-order valence-electron chi connectivity index (χ0n) is 10.6. The number of nitrogens with two attached hydrogens (primary N) is 1. The summed E-state index contributed by atoms with van der Waals surface area (Å²) in [5.41, 5.74) is 6.73. The fourth-order valence-corrected chi connectivity index (χ4v) is 1.54. The number of nitrogens with zero attached hydrogens (tertiary/aromatic N) is 5. The molecule has 0 saturated heterocycles. The summed E-state index contributed by atoms with van der Waals surface area (Å²) < 4.78 is 7.13. The fraction of sp³-hybridized carbons (Fsp3) is 0.273. The minimum Gasteiger partial charge on any atom is -0.489 e. The highest BCUT2D eigenvalue weighted by Gasteiger charge is 2.12. The molecule has 0 unspecified atom stereocenters. The average Bonchev–Trinajstić information content (AvgIpc) is 2.91. The molecular formula is C11H14N6O2. The summed E-state index contributed by atoms with van der Waals surface area (Å²) in [7, 11) is 0. The van der Waals surface area contributed by atoms with Gasteiger partial charge in [-0.25, -0.2) is 0 Å². The van der Waals surface area contributed by atoms with Crippen molar-refractivity contribution in [2.24, 2.45) is 10.9 Å². The van der Waals surface area contributed by atoms with Crippen LogP contribution in [0.2, 0.25) is 0 Å². The Morgan fingerprint density at radius 1 is 1.47 bits per heavy atom. The van der Waals surface area contributed by atoms with Crippen molar-refractivity contribution < 1.29 is 9.94 Å². The molecule has 8 heteroatoms. The van der Waals surface area contributed by atoms with E-state index in [0.29, 0.717) is 17.0 Å². The first-order valence-electron chi connectivity index (χ1n) is 5.63. The van der Waals surface area contributed by atoms with Crippen molar-refractivity contribution in [3.63, 3.8) is 0 Å². The Hall–Kier alpha value is -2.64. The number of hydrogen-bond donors (Lipinski definition) is 2. The van der Waals surface area contributed by atoms with Crippen LogP contribution >= 0.6 is 0 Å². The van der Waals surface area contributed by atoms with Crippen molar-refractivity contribution in [3.05, 3.63) is 30.1 Å². The lowest BCUT2D eigenvalue weighted by Crippen LogP contribution is -2.15. The molecule has 0 radical (unpaired) electrons. The molecule has 0 saturated carbocycles. The van der Waals surface area contributed by atoms with Gasteiger partial charge < -0.3 is 15.7 Å². The highest BCUT2D eigenvalue weighted by molar-refractivity contribution is 5.97. The average molecular weight is 262 g/mol. The third-order valence-electron chi connectivity index (χ3n) is 2.32. The Balaban J connectivity index is 2.51. The summed E-state index contributed by atoms with van der Waals surface area (Å²) in [5, 5.41) is 22.6. The second-order valence-corrected chi connectivity index (χ2v) is 4.09. The summed E-state index contributed by atoms with van der Waals surface area (Å²) in [6.07, 6.45) is 1.45. The normalized spacial score (nSPS) is 11.8. The van der Waals surface area contributed by atoms with Gasteiger partial charge in [0.25, 0.3) is 0 Å². The Morgan fingerprint density at radius 3 is 2.84 bits per heavy atom. The lowest BCUT2D eigenvalue weighted by molar-refractivity contribution is 0.241. The number of ether oxygens (including phenoxy) is 1. The number of aromatic nitrogens is 4. The summed E-state index contributed by atoms with van der Waals surface area (Å²) in [5.74, 6) is 0.613. The molecule has 0 bridgehead atoms. The van der Waals surface area contributed by atoms with Crippen molar-refractivity contribution in [1.29, 1.82) is 0 Å². The minimum atomic E-state index is 0.00457.